The lowest BCUT2D eigenvalue weighted by atomic mass is 10.0. The highest BCUT2D eigenvalue weighted by Crippen LogP contribution is 2.19. The Morgan fingerprint density at radius 3 is 2.48 bits per heavy atom. The van der Waals surface area contributed by atoms with E-state index >= 15 is 0 Å². The maximum absolute atomic E-state index is 12.1. The van der Waals surface area contributed by atoms with Gasteiger partial charge < -0.3 is 10.1 Å². The molecule has 0 spiro atoms. The van der Waals surface area contributed by atoms with Gasteiger partial charge in [-0.25, -0.2) is 8.42 Å². The number of nitrogens with one attached hydrogen (secondary N) is 1. The molecule has 1 aromatic carbocycles. The Morgan fingerprint density at radius 2 is 1.95 bits per heavy atom. The molecule has 118 valence electrons. The number of benzene rings is 1. The van der Waals surface area contributed by atoms with Crippen molar-refractivity contribution in [2.75, 3.05) is 25.2 Å². The maximum atomic E-state index is 12.1. The molecular formula is C15H23NO4S. The molecule has 21 heavy (non-hydrogen) atoms. The number of rotatable bonds is 7. The lowest BCUT2D eigenvalue weighted by Crippen LogP contribution is -2.29. The summed E-state index contributed by atoms with van der Waals surface area (Å²) in [4.78, 5) is 11.3. The fraction of sp³-hybridized carbons (Fsp3) is 0.533. The zero-order chi connectivity index (χ0) is 16.0. The molecule has 1 atom stereocenters. The average Bonchev–Trinajstić information content (AvgIpc) is 2.39. The minimum absolute atomic E-state index is 0.134. The van der Waals surface area contributed by atoms with Crippen LogP contribution in [0.3, 0.4) is 0 Å². The van der Waals surface area contributed by atoms with Crippen LogP contribution in [0.15, 0.2) is 18.2 Å². The van der Waals surface area contributed by atoms with E-state index in [4.69, 9.17) is 4.74 Å². The Hall–Kier alpha value is -1.40. The van der Waals surface area contributed by atoms with Crippen LogP contribution < -0.4 is 5.32 Å². The molecule has 0 amide bonds. The molecule has 6 heteroatoms. The van der Waals surface area contributed by atoms with Gasteiger partial charge in [-0.15, -0.1) is 0 Å². The number of hydrogen-bond donors (Lipinski definition) is 1. The van der Waals surface area contributed by atoms with Gasteiger partial charge >= 0.3 is 5.97 Å². The van der Waals surface area contributed by atoms with E-state index in [2.05, 4.69) is 5.32 Å². The number of carbonyl (C=O) groups is 1. The molecule has 0 aliphatic carbocycles. The topological polar surface area (TPSA) is 72.5 Å². The van der Waals surface area contributed by atoms with Crippen molar-refractivity contribution in [2.45, 2.75) is 26.8 Å². The first kappa shape index (κ1) is 17.7. The van der Waals surface area contributed by atoms with E-state index in [1.165, 1.54) is 0 Å². The fourth-order valence-electron chi connectivity index (χ4n) is 2.02. The Kier molecular flexibility index (Phi) is 6.36. The van der Waals surface area contributed by atoms with Crippen molar-refractivity contribution in [1.82, 2.24) is 5.32 Å². The second kappa shape index (κ2) is 7.56. The molecule has 1 unspecified atom stereocenters. The van der Waals surface area contributed by atoms with Crippen molar-refractivity contribution >= 4 is 15.8 Å². The van der Waals surface area contributed by atoms with Gasteiger partial charge in [0, 0.05) is 6.04 Å². The van der Waals surface area contributed by atoms with Gasteiger partial charge in [-0.1, -0.05) is 18.2 Å². The van der Waals surface area contributed by atoms with Gasteiger partial charge in [-0.3, -0.25) is 4.79 Å². The van der Waals surface area contributed by atoms with Gasteiger partial charge in [0.1, 0.15) is 5.75 Å². The van der Waals surface area contributed by atoms with Crippen LogP contribution in [-0.4, -0.2) is 39.5 Å². The third-order valence-electron chi connectivity index (χ3n) is 3.35. The van der Waals surface area contributed by atoms with Crippen LogP contribution in [0.2, 0.25) is 0 Å². The van der Waals surface area contributed by atoms with Crippen molar-refractivity contribution in [3.63, 3.8) is 0 Å². The van der Waals surface area contributed by atoms with Crippen LogP contribution in [0.4, 0.5) is 0 Å². The molecule has 0 bridgehead atoms. The quantitative estimate of drug-likeness (QED) is 0.773. The standard InChI is InChI=1S/C15H23NO4S/c1-5-20-15(17)10-21(18,19)9-14(16-4)13-7-6-11(2)12(3)8-13/h6-8,14,16H,5,9-10H2,1-4H3. The first-order valence-electron chi connectivity index (χ1n) is 6.89. The molecule has 0 saturated heterocycles. The molecule has 0 heterocycles. The zero-order valence-electron chi connectivity index (χ0n) is 13.0. The summed E-state index contributed by atoms with van der Waals surface area (Å²) in [6, 6.07) is 5.50. The highest BCUT2D eigenvalue weighted by atomic mass is 32.2. The maximum Gasteiger partial charge on any atom is 0.321 e. The molecule has 0 aliphatic rings. The molecule has 0 saturated carbocycles. The number of esters is 1. The van der Waals surface area contributed by atoms with E-state index in [0.29, 0.717) is 0 Å². The minimum atomic E-state index is -3.52. The van der Waals surface area contributed by atoms with Gasteiger partial charge in [0.15, 0.2) is 9.84 Å². The highest BCUT2D eigenvalue weighted by molar-refractivity contribution is 7.92. The summed E-state index contributed by atoms with van der Waals surface area (Å²) in [5, 5.41) is 3.00. The van der Waals surface area contributed by atoms with Gasteiger partial charge in [-0.05, 0) is 44.5 Å². The van der Waals surface area contributed by atoms with Crippen LogP contribution >= 0.6 is 0 Å². The van der Waals surface area contributed by atoms with Crippen molar-refractivity contribution in [3.05, 3.63) is 34.9 Å². The van der Waals surface area contributed by atoms with Gasteiger partial charge in [0.05, 0.1) is 12.4 Å². The second-order valence-electron chi connectivity index (χ2n) is 5.04. The Balaban J connectivity index is 2.86. The van der Waals surface area contributed by atoms with Gasteiger partial charge in [0.2, 0.25) is 0 Å². The molecule has 0 aromatic heterocycles. The number of sulfone groups is 1. The summed E-state index contributed by atoms with van der Waals surface area (Å²) in [6.45, 7) is 5.82. The van der Waals surface area contributed by atoms with Crippen LogP contribution in [0.25, 0.3) is 0 Å². The summed E-state index contributed by atoms with van der Waals surface area (Å²) >= 11 is 0. The summed E-state index contributed by atoms with van der Waals surface area (Å²) in [5.41, 5.74) is 3.16. The largest absolute Gasteiger partial charge is 0.465 e. The van der Waals surface area contributed by atoms with Crippen molar-refractivity contribution in [2.24, 2.45) is 0 Å². The summed E-state index contributed by atoms with van der Waals surface area (Å²) in [5.74, 6) is -1.42. The van der Waals surface area contributed by atoms with Crippen molar-refractivity contribution < 1.29 is 17.9 Å². The van der Waals surface area contributed by atoms with Crippen molar-refractivity contribution in [3.8, 4) is 0 Å². The third kappa shape index (κ3) is 5.47. The molecule has 1 aromatic rings. The molecule has 0 fully saturated rings. The van der Waals surface area contributed by atoms with Crippen LogP contribution in [0, 0.1) is 13.8 Å². The summed E-state index contributed by atoms with van der Waals surface area (Å²) < 4.78 is 28.8. The van der Waals surface area contributed by atoms with Crippen LogP contribution in [0.5, 0.6) is 0 Å². The predicted octanol–water partition coefficient (Wildman–Crippen LogP) is 1.54. The van der Waals surface area contributed by atoms with E-state index in [0.717, 1.165) is 16.7 Å². The number of carbonyl (C=O) groups excluding carboxylic acids is 1. The first-order chi connectivity index (χ1) is 9.79. The molecule has 0 aliphatic heterocycles. The Labute approximate surface area is 126 Å². The SMILES string of the molecule is CCOC(=O)CS(=O)(=O)CC(NC)c1ccc(C)c(C)c1. The summed E-state index contributed by atoms with van der Waals surface area (Å²) in [7, 11) is -1.81. The van der Waals surface area contributed by atoms with Gasteiger partial charge in [0.25, 0.3) is 0 Å². The minimum Gasteiger partial charge on any atom is -0.465 e. The summed E-state index contributed by atoms with van der Waals surface area (Å²) in [6.07, 6.45) is 0. The van der Waals surface area contributed by atoms with Crippen LogP contribution in [-0.2, 0) is 19.4 Å². The number of hydrogen-bond acceptors (Lipinski definition) is 5. The van der Waals surface area contributed by atoms with E-state index in [1.807, 2.05) is 32.0 Å². The second-order valence-corrected chi connectivity index (χ2v) is 7.15. The lowest BCUT2D eigenvalue weighted by Gasteiger charge is -2.17. The lowest BCUT2D eigenvalue weighted by molar-refractivity contribution is -0.139. The predicted molar refractivity (Wildman–Crippen MR) is 83.0 cm³/mol. The molecule has 1 N–H and O–H groups in total. The Bertz CT molecular complexity index is 596. The molecule has 5 nitrogen and oxygen atoms in total. The van der Waals surface area contributed by atoms with E-state index < -0.39 is 21.6 Å². The Morgan fingerprint density at radius 1 is 1.29 bits per heavy atom. The highest BCUT2D eigenvalue weighted by Gasteiger charge is 2.23. The average molecular weight is 313 g/mol. The van der Waals surface area contributed by atoms with E-state index in [9.17, 15) is 13.2 Å². The van der Waals surface area contributed by atoms with Crippen molar-refractivity contribution in [1.29, 1.82) is 0 Å². The third-order valence-corrected chi connectivity index (χ3v) is 4.86. The number of ether oxygens (including phenoxy) is 1. The monoisotopic (exact) mass is 313 g/mol. The van der Waals surface area contributed by atoms with Crippen LogP contribution in [0.1, 0.15) is 29.7 Å². The van der Waals surface area contributed by atoms with E-state index in [1.54, 1.807) is 14.0 Å². The van der Waals surface area contributed by atoms with Gasteiger partial charge in [-0.2, -0.15) is 0 Å². The molecular weight excluding hydrogens is 290 g/mol. The normalized spacial score (nSPS) is 13.0. The number of aryl methyl sites for hydroxylation is 2. The van der Waals surface area contributed by atoms with E-state index in [-0.39, 0.29) is 18.4 Å². The smallest absolute Gasteiger partial charge is 0.321 e. The molecule has 1 rings (SSSR count). The first-order valence-corrected chi connectivity index (χ1v) is 8.71. The zero-order valence-corrected chi connectivity index (χ0v) is 13.8. The fourth-order valence-corrected chi connectivity index (χ4v) is 3.45. The molecule has 0 radical (unpaired) electrons.